The monoisotopic (exact) mass is 372 g/mol. The van der Waals surface area contributed by atoms with Crippen molar-refractivity contribution < 1.29 is 28.2 Å². The Kier molecular flexibility index (Phi) is 5.44. The Labute approximate surface area is 154 Å². The first kappa shape index (κ1) is 18.5. The van der Waals surface area contributed by atoms with Crippen molar-refractivity contribution >= 4 is 17.8 Å². The van der Waals surface area contributed by atoms with Crippen LogP contribution in [-0.2, 0) is 14.3 Å². The number of carbonyl (C=O) groups is 3. The molecule has 140 valence electrons. The van der Waals surface area contributed by atoms with Crippen LogP contribution in [0.5, 0.6) is 0 Å². The molecular formula is C19H17FN2O5. The lowest BCUT2D eigenvalue weighted by Crippen LogP contribution is -2.33. The second-order valence-corrected chi connectivity index (χ2v) is 6.02. The van der Waals surface area contributed by atoms with E-state index >= 15 is 0 Å². The average molecular weight is 372 g/mol. The quantitative estimate of drug-likeness (QED) is 0.781. The fraction of sp³-hybridized carbons (Fsp3) is 0.263. The number of nitrogens with one attached hydrogen (secondary N) is 1. The molecule has 1 N–H and O–H groups in total. The summed E-state index contributed by atoms with van der Waals surface area (Å²) < 4.78 is 23.1. The van der Waals surface area contributed by atoms with Crippen LogP contribution in [0.1, 0.15) is 45.5 Å². The Morgan fingerprint density at radius 3 is 2.30 bits per heavy atom. The Morgan fingerprint density at radius 2 is 1.70 bits per heavy atom. The number of amides is 1. The number of esters is 2. The summed E-state index contributed by atoms with van der Waals surface area (Å²) in [6.07, 6.45) is 0.458. The highest BCUT2D eigenvalue weighted by molar-refractivity contribution is 5.93. The highest BCUT2D eigenvalue weighted by Crippen LogP contribution is 2.24. The summed E-state index contributed by atoms with van der Waals surface area (Å²) in [6.45, 7) is 0. The van der Waals surface area contributed by atoms with Gasteiger partial charge in [0.1, 0.15) is 17.2 Å². The summed E-state index contributed by atoms with van der Waals surface area (Å²) in [5.74, 6) is -2.56. The summed E-state index contributed by atoms with van der Waals surface area (Å²) in [5, 5.41) is 2.76. The average Bonchev–Trinajstić information content (AvgIpc) is 3.50. The normalized spacial score (nSPS) is 14.1. The number of aromatic nitrogens is 1. The third-order valence-electron chi connectivity index (χ3n) is 3.91. The minimum Gasteiger partial charge on any atom is -0.464 e. The van der Waals surface area contributed by atoms with Crippen molar-refractivity contribution in [2.45, 2.75) is 25.0 Å². The number of methoxy groups -OCH3 is 1. The maximum Gasteiger partial charge on any atom is 0.358 e. The highest BCUT2D eigenvalue weighted by atomic mass is 19.1. The molecule has 2 aromatic rings. The molecule has 1 amide bonds. The van der Waals surface area contributed by atoms with Crippen molar-refractivity contribution in [2.75, 3.05) is 7.11 Å². The van der Waals surface area contributed by atoms with Crippen molar-refractivity contribution in [3.05, 3.63) is 65.2 Å². The summed E-state index contributed by atoms with van der Waals surface area (Å²) in [5.41, 5.74) is 0.115. The third kappa shape index (κ3) is 4.66. The minimum absolute atomic E-state index is 0.0555. The summed E-state index contributed by atoms with van der Waals surface area (Å²) in [6, 6.07) is 9.35. The standard InChI is InChI=1S/C19H17FN2O5/c1-26-18(24)14-3-2-4-15(22-14)19(25)27-16(17(23)21-13-9-10-13)11-5-7-12(20)8-6-11/h2-8,13,16H,9-10H2,1H3,(H,21,23)/t16-/m0/s1. The molecule has 0 radical (unpaired) electrons. The van der Waals surface area contributed by atoms with E-state index in [-0.39, 0.29) is 17.4 Å². The van der Waals surface area contributed by atoms with Gasteiger partial charge in [0.05, 0.1) is 7.11 Å². The fourth-order valence-corrected chi connectivity index (χ4v) is 2.35. The molecular weight excluding hydrogens is 355 g/mol. The topological polar surface area (TPSA) is 94.6 Å². The van der Waals surface area contributed by atoms with Gasteiger partial charge in [-0.15, -0.1) is 0 Å². The molecule has 0 unspecified atom stereocenters. The Balaban J connectivity index is 1.82. The zero-order valence-corrected chi connectivity index (χ0v) is 14.5. The van der Waals surface area contributed by atoms with Gasteiger partial charge in [-0.3, -0.25) is 4.79 Å². The SMILES string of the molecule is COC(=O)c1cccc(C(=O)O[C@H](C(=O)NC2CC2)c2ccc(F)cc2)n1. The Morgan fingerprint density at radius 1 is 1.07 bits per heavy atom. The molecule has 1 fully saturated rings. The van der Waals surface area contributed by atoms with Crippen LogP contribution < -0.4 is 5.32 Å². The number of hydrogen-bond acceptors (Lipinski definition) is 6. The van der Waals surface area contributed by atoms with Crippen LogP contribution in [0.15, 0.2) is 42.5 Å². The van der Waals surface area contributed by atoms with Gasteiger partial charge >= 0.3 is 11.9 Å². The molecule has 1 atom stereocenters. The molecule has 1 aromatic carbocycles. The molecule has 8 heteroatoms. The van der Waals surface area contributed by atoms with Crippen LogP contribution in [0.4, 0.5) is 4.39 Å². The lowest BCUT2D eigenvalue weighted by atomic mass is 10.1. The zero-order chi connectivity index (χ0) is 19.4. The number of benzene rings is 1. The maximum absolute atomic E-state index is 13.2. The molecule has 1 heterocycles. The molecule has 1 aliphatic carbocycles. The molecule has 7 nitrogen and oxygen atoms in total. The minimum atomic E-state index is -1.26. The van der Waals surface area contributed by atoms with Gasteiger partial charge < -0.3 is 14.8 Å². The van der Waals surface area contributed by atoms with Crippen molar-refractivity contribution in [1.82, 2.24) is 10.3 Å². The number of nitrogens with zero attached hydrogens (tertiary/aromatic N) is 1. The first-order chi connectivity index (χ1) is 13.0. The van der Waals surface area contributed by atoms with Crippen molar-refractivity contribution in [1.29, 1.82) is 0 Å². The lowest BCUT2D eigenvalue weighted by Gasteiger charge is -2.18. The summed E-state index contributed by atoms with van der Waals surface area (Å²) in [7, 11) is 1.20. The van der Waals surface area contributed by atoms with Crippen LogP contribution >= 0.6 is 0 Å². The highest BCUT2D eigenvalue weighted by Gasteiger charge is 2.31. The fourth-order valence-electron chi connectivity index (χ4n) is 2.35. The number of pyridine rings is 1. The van der Waals surface area contributed by atoms with E-state index in [9.17, 15) is 18.8 Å². The molecule has 1 aromatic heterocycles. The summed E-state index contributed by atoms with van der Waals surface area (Å²) in [4.78, 5) is 40.4. The molecule has 0 bridgehead atoms. The van der Waals surface area contributed by atoms with Crippen molar-refractivity contribution in [2.24, 2.45) is 0 Å². The van der Waals surface area contributed by atoms with Crippen molar-refractivity contribution in [3.63, 3.8) is 0 Å². The number of carbonyl (C=O) groups excluding carboxylic acids is 3. The first-order valence-electron chi connectivity index (χ1n) is 8.30. The van der Waals surface area contributed by atoms with Gasteiger partial charge in [0.25, 0.3) is 5.91 Å². The van der Waals surface area contributed by atoms with Crippen molar-refractivity contribution in [3.8, 4) is 0 Å². The lowest BCUT2D eigenvalue weighted by molar-refractivity contribution is -0.130. The Bertz CT molecular complexity index is 865. The van der Waals surface area contributed by atoms with E-state index < -0.39 is 29.8 Å². The molecule has 0 spiro atoms. The maximum atomic E-state index is 13.2. The molecule has 27 heavy (non-hydrogen) atoms. The largest absolute Gasteiger partial charge is 0.464 e. The predicted octanol–water partition coefficient (Wildman–Crippen LogP) is 2.18. The summed E-state index contributed by atoms with van der Waals surface area (Å²) >= 11 is 0. The van der Waals surface area contributed by atoms with Gasteiger partial charge in [-0.2, -0.15) is 0 Å². The van der Waals surface area contributed by atoms with Gasteiger partial charge in [0.15, 0.2) is 0 Å². The Hall–Kier alpha value is -3.29. The molecule has 0 aliphatic heterocycles. The van der Waals surface area contributed by atoms with Crippen LogP contribution in [-0.4, -0.2) is 36.0 Å². The second-order valence-electron chi connectivity index (χ2n) is 6.02. The third-order valence-corrected chi connectivity index (χ3v) is 3.91. The van der Waals surface area contributed by atoms with E-state index in [0.717, 1.165) is 12.8 Å². The smallest absolute Gasteiger partial charge is 0.358 e. The van der Waals surface area contributed by atoms with Crippen LogP contribution in [0, 0.1) is 5.82 Å². The van der Waals surface area contributed by atoms with Crippen LogP contribution in [0.3, 0.4) is 0 Å². The van der Waals surface area contributed by atoms with Gasteiger partial charge in [-0.05, 0) is 37.1 Å². The van der Waals surface area contributed by atoms with Gasteiger partial charge in [0.2, 0.25) is 6.10 Å². The zero-order valence-electron chi connectivity index (χ0n) is 14.5. The van der Waals surface area contributed by atoms with Gasteiger partial charge in [0, 0.05) is 11.6 Å². The van der Waals surface area contributed by atoms with Gasteiger partial charge in [-0.1, -0.05) is 18.2 Å². The van der Waals surface area contributed by atoms with E-state index in [1.165, 1.54) is 49.6 Å². The van der Waals surface area contributed by atoms with E-state index in [4.69, 9.17) is 4.74 Å². The number of rotatable bonds is 6. The van der Waals surface area contributed by atoms with E-state index in [1.54, 1.807) is 0 Å². The second kappa shape index (κ2) is 7.94. The molecule has 3 rings (SSSR count). The van der Waals surface area contributed by atoms with E-state index in [2.05, 4.69) is 15.0 Å². The van der Waals surface area contributed by atoms with Crippen LogP contribution in [0.25, 0.3) is 0 Å². The number of hydrogen-bond donors (Lipinski definition) is 1. The van der Waals surface area contributed by atoms with Crippen LogP contribution in [0.2, 0.25) is 0 Å². The first-order valence-corrected chi connectivity index (χ1v) is 8.30. The molecule has 0 saturated heterocycles. The predicted molar refractivity (Wildman–Crippen MR) is 91.3 cm³/mol. The van der Waals surface area contributed by atoms with E-state index in [1.807, 2.05) is 0 Å². The van der Waals surface area contributed by atoms with Gasteiger partial charge in [-0.25, -0.2) is 19.0 Å². The number of ether oxygens (including phenoxy) is 2. The molecule has 1 saturated carbocycles. The number of halogens is 1. The molecule has 1 aliphatic rings. The van der Waals surface area contributed by atoms with E-state index in [0.29, 0.717) is 5.56 Å².